The van der Waals surface area contributed by atoms with Crippen LogP contribution in [0.25, 0.3) is 0 Å². The first kappa shape index (κ1) is 13.1. The average molecular weight is 273 g/mol. The third-order valence-corrected chi connectivity index (χ3v) is 2.16. The Morgan fingerprint density at radius 3 is 2.58 bits per heavy atom. The maximum Gasteiger partial charge on any atom is 0.416 e. The number of aryl methyl sites for hydroxylation is 1. The fraction of sp³-hybridized carbons (Fsp3) is 0.300. The van der Waals surface area contributed by atoms with Crippen LogP contribution in [0, 0.1) is 0 Å². The van der Waals surface area contributed by atoms with Crippen LogP contribution in [0.2, 0.25) is 0 Å². The molecule has 0 fully saturated rings. The molecule has 0 saturated heterocycles. The summed E-state index contributed by atoms with van der Waals surface area (Å²) in [5.41, 5.74) is -0.863. The fourth-order valence-corrected chi connectivity index (χ4v) is 1.31. The molecule has 0 amide bonds. The van der Waals surface area contributed by atoms with Crippen molar-refractivity contribution >= 4 is 5.82 Å². The molecule has 1 N–H and O–H groups in total. The minimum absolute atomic E-state index is 0.0424. The molecule has 2 aromatic heterocycles. The Hall–Kier alpha value is -2.32. The lowest BCUT2D eigenvalue weighted by Crippen LogP contribution is -2.07. The van der Waals surface area contributed by atoms with E-state index < -0.39 is 11.7 Å². The average Bonchev–Trinajstić information content (AvgIpc) is 2.73. The molecule has 0 aliphatic carbocycles. The van der Waals surface area contributed by atoms with E-state index in [1.165, 1.54) is 18.1 Å². The first-order chi connectivity index (χ1) is 8.88. The van der Waals surface area contributed by atoms with Crippen molar-refractivity contribution in [3.05, 3.63) is 24.0 Å². The molecular formula is C10H10F3N5O. The van der Waals surface area contributed by atoms with Gasteiger partial charge in [0.25, 0.3) is 0 Å². The lowest BCUT2D eigenvalue weighted by Gasteiger charge is -2.10. The van der Waals surface area contributed by atoms with Crippen molar-refractivity contribution in [3.8, 4) is 11.9 Å². The van der Waals surface area contributed by atoms with Crippen LogP contribution in [-0.4, -0.2) is 26.8 Å². The van der Waals surface area contributed by atoms with Gasteiger partial charge in [-0.05, 0) is 6.07 Å². The van der Waals surface area contributed by atoms with E-state index in [2.05, 4.69) is 20.4 Å². The summed E-state index contributed by atoms with van der Waals surface area (Å²) in [6.07, 6.45) is -3.12. The summed E-state index contributed by atoms with van der Waals surface area (Å²) in [6, 6.07) is 1.60. The molecule has 0 unspecified atom stereocenters. The highest BCUT2D eigenvalue weighted by atomic mass is 19.4. The molecule has 0 spiro atoms. The Balaban J connectivity index is 2.34. The number of nitrogens with one attached hydrogen (secondary N) is 1. The summed E-state index contributed by atoms with van der Waals surface area (Å²) in [6.45, 7) is 0. The molecule has 6 nitrogen and oxygen atoms in total. The number of alkyl halides is 3. The predicted molar refractivity (Wildman–Crippen MR) is 59.9 cm³/mol. The number of halogens is 3. The Kier molecular flexibility index (Phi) is 3.28. The van der Waals surface area contributed by atoms with E-state index in [-0.39, 0.29) is 17.7 Å². The molecule has 0 bridgehead atoms. The molecule has 2 rings (SSSR count). The van der Waals surface area contributed by atoms with Gasteiger partial charge in [0.1, 0.15) is 12.1 Å². The van der Waals surface area contributed by atoms with Gasteiger partial charge < -0.3 is 10.1 Å². The van der Waals surface area contributed by atoms with Crippen LogP contribution in [0.3, 0.4) is 0 Å². The highest BCUT2D eigenvalue weighted by molar-refractivity contribution is 5.42. The first-order valence-corrected chi connectivity index (χ1v) is 5.19. The number of rotatable bonds is 3. The third kappa shape index (κ3) is 3.12. The van der Waals surface area contributed by atoms with E-state index in [0.29, 0.717) is 0 Å². The van der Waals surface area contributed by atoms with Gasteiger partial charge in [-0.2, -0.15) is 23.1 Å². The summed E-state index contributed by atoms with van der Waals surface area (Å²) in [5.74, 6) is -0.189. The van der Waals surface area contributed by atoms with Crippen LogP contribution in [0.5, 0.6) is 11.9 Å². The van der Waals surface area contributed by atoms with Crippen LogP contribution < -0.4 is 10.1 Å². The molecule has 2 heterocycles. The van der Waals surface area contributed by atoms with Gasteiger partial charge in [0.05, 0.1) is 5.56 Å². The Bertz CT molecular complexity index is 581. The van der Waals surface area contributed by atoms with E-state index in [0.717, 1.165) is 12.1 Å². The van der Waals surface area contributed by atoms with Crippen molar-refractivity contribution in [3.63, 3.8) is 0 Å². The van der Waals surface area contributed by atoms with Crippen LogP contribution in [0.4, 0.5) is 19.0 Å². The molecule has 0 aliphatic heterocycles. The van der Waals surface area contributed by atoms with E-state index in [1.807, 2.05) is 0 Å². The van der Waals surface area contributed by atoms with Gasteiger partial charge in [0.15, 0.2) is 0 Å². The number of hydrogen-bond acceptors (Lipinski definition) is 5. The van der Waals surface area contributed by atoms with Gasteiger partial charge in [-0.25, -0.2) is 0 Å². The number of aromatic nitrogens is 4. The number of pyridine rings is 1. The second-order valence-electron chi connectivity index (χ2n) is 3.63. The molecule has 0 atom stereocenters. The molecule has 0 saturated carbocycles. The zero-order valence-corrected chi connectivity index (χ0v) is 10.1. The maximum absolute atomic E-state index is 12.7. The Morgan fingerprint density at radius 1 is 1.32 bits per heavy atom. The SMILES string of the molecule is CNc1cc(C(F)(F)F)cc(Oc2ncn(C)n2)n1. The Labute approximate surface area is 106 Å². The van der Waals surface area contributed by atoms with Gasteiger partial charge in [-0.3, -0.25) is 4.68 Å². The molecule has 2 aromatic rings. The topological polar surface area (TPSA) is 64.9 Å². The molecule has 0 aromatic carbocycles. The van der Waals surface area contributed by atoms with Crippen LogP contribution in [0.15, 0.2) is 18.5 Å². The normalized spacial score (nSPS) is 11.4. The molecule has 102 valence electrons. The summed E-state index contributed by atoms with van der Waals surface area (Å²) >= 11 is 0. The number of anilines is 1. The van der Waals surface area contributed by atoms with Gasteiger partial charge in [0.2, 0.25) is 5.88 Å². The van der Waals surface area contributed by atoms with E-state index in [1.54, 1.807) is 7.05 Å². The third-order valence-electron chi connectivity index (χ3n) is 2.16. The molecule has 0 radical (unpaired) electrons. The van der Waals surface area contributed by atoms with E-state index >= 15 is 0 Å². The minimum atomic E-state index is -4.48. The van der Waals surface area contributed by atoms with E-state index in [9.17, 15) is 13.2 Å². The van der Waals surface area contributed by atoms with Gasteiger partial charge in [0, 0.05) is 20.2 Å². The fourth-order valence-electron chi connectivity index (χ4n) is 1.31. The summed E-state index contributed by atoms with van der Waals surface area (Å²) in [7, 11) is 3.07. The summed E-state index contributed by atoms with van der Waals surface area (Å²) in [5, 5.41) is 6.33. The van der Waals surface area contributed by atoms with Crippen molar-refractivity contribution in [1.29, 1.82) is 0 Å². The van der Waals surface area contributed by atoms with Gasteiger partial charge >= 0.3 is 12.2 Å². The Morgan fingerprint density at radius 2 is 2.05 bits per heavy atom. The van der Waals surface area contributed by atoms with Crippen molar-refractivity contribution in [1.82, 2.24) is 19.7 Å². The van der Waals surface area contributed by atoms with Crippen LogP contribution in [-0.2, 0) is 13.2 Å². The number of nitrogens with zero attached hydrogens (tertiary/aromatic N) is 4. The molecule has 0 aliphatic rings. The smallest absolute Gasteiger partial charge is 0.404 e. The first-order valence-electron chi connectivity index (χ1n) is 5.19. The largest absolute Gasteiger partial charge is 0.416 e. The van der Waals surface area contributed by atoms with Crippen molar-refractivity contribution in [2.75, 3.05) is 12.4 Å². The molecule has 9 heteroatoms. The monoisotopic (exact) mass is 273 g/mol. The maximum atomic E-state index is 12.7. The summed E-state index contributed by atoms with van der Waals surface area (Å²) < 4.78 is 44.5. The second kappa shape index (κ2) is 4.75. The van der Waals surface area contributed by atoms with Crippen LogP contribution in [0.1, 0.15) is 5.56 Å². The zero-order valence-electron chi connectivity index (χ0n) is 10.1. The van der Waals surface area contributed by atoms with Crippen molar-refractivity contribution in [2.45, 2.75) is 6.18 Å². The lowest BCUT2D eigenvalue weighted by molar-refractivity contribution is -0.137. The van der Waals surface area contributed by atoms with E-state index in [4.69, 9.17) is 4.74 Å². The van der Waals surface area contributed by atoms with Gasteiger partial charge in [-0.15, -0.1) is 5.10 Å². The van der Waals surface area contributed by atoms with Crippen molar-refractivity contribution < 1.29 is 17.9 Å². The van der Waals surface area contributed by atoms with Gasteiger partial charge in [-0.1, -0.05) is 0 Å². The highest BCUT2D eigenvalue weighted by Gasteiger charge is 2.32. The lowest BCUT2D eigenvalue weighted by atomic mass is 10.2. The van der Waals surface area contributed by atoms with Crippen LogP contribution >= 0.6 is 0 Å². The highest BCUT2D eigenvalue weighted by Crippen LogP contribution is 2.33. The zero-order chi connectivity index (χ0) is 14.0. The number of hydrogen-bond donors (Lipinski definition) is 1. The summed E-state index contributed by atoms with van der Waals surface area (Å²) in [4.78, 5) is 7.59. The van der Waals surface area contributed by atoms with Crippen molar-refractivity contribution in [2.24, 2.45) is 7.05 Å². The second-order valence-corrected chi connectivity index (χ2v) is 3.63. The quantitative estimate of drug-likeness (QED) is 0.927. The predicted octanol–water partition coefficient (Wildman–Crippen LogP) is 2.06. The molecular weight excluding hydrogens is 263 g/mol. The molecule has 19 heavy (non-hydrogen) atoms. The minimum Gasteiger partial charge on any atom is -0.404 e. The standard InChI is InChI=1S/C10H10F3N5O/c1-14-7-3-6(10(11,12)13)4-8(16-7)19-9-15-5-18(2)17-9/h3-5H,1-2H3,(H,14,16). The number of ether oxygens (including phenoxy) is 1.